The fraction of sp³-hybridized carbons (Fsp3) is 0.385. The zero-order valence-corrected chi connectivity index (χ0v) is 12.1. The van der Waals surface area contributed by atoms with Crippen molar-refractivity contribution in [3.8, 4) is 5.75 Å². The molecule has 1 aliphatic heterocycles. The number of ether oxygens (including phenoxy) is 1. The number of aliphatic hydroxyl groups is 1. The Hall–Kier alpha value is -1.60. The Labute approximate surface area is 124 Å². The van der Waals surface area contributed by atoms with Crippen LogP contribution in [0.4, 0.5) is 0 Å². The number of hydrogen-bond acceptors (Lipinski definition) is 4. The van der Waals surface area contributed by atoms with Crippen LogP contribution >= 0.6 is 15.9 Å². The highest BCUT2D eigenvalue weighted by Gasteiger charge is 2.38. The number of carbonyl (C=O) groups is 2. The van der Waals surface area contributed by atoms with Crippen molar-refractivity contribution in [3.63, 3.8) is 0 Å². The van der Waals surface area contributed by atoms with Gasteiger partial charge in [-0.25, -0.2) is 4.79 Å². The van der Waals surface area contributed by atoms with Crippen molar-refractivity contribution in [2.45, 2.75) is 18.6 Å². The quantitative estimate of drug-likeness (QED) is 0.847. The Morgan fingerprint density at radius 1 is 1.35 bits per heavy atom. The average molecular weight is 344 g/mol. The molecule has 0 aromatic heterocycles. The number of aliphatic hydroxyl groups excluding tert-OH is 1. The van der Waals surface area contributed by atoms with Crippen LogP contribution in [0.15, 0.2) is 28.7 Å². The van der Waals surface area contributed by atoms with Crippen LogP contribution in [0.2, 0.25) is 0 Å². The molecule has 7 heteroatoms. The number of carboxylic acids is 1. The number of likely N-dealkylation sites (tertiary alicyclic amines) is 1. The molecule has 1 aromatic rings. The topological polar surface area (TPSA) is 87.1 Å². The van der Waals surface area contributed by atoms with Crippen LogP contribution in [0.3, 0.4) is 0 Å². The van der Waals surface area contributed by atoms with Crippen molar-refractivity contribution in [1.29, 1.82) is 0 Å². The monoisotopic (exact) mass is 343 g/mol. The second-order valence-corrected chi connectivity index (χ2v) is 5.45. The summed E-state index contributed by atoms with van der Waals surface area (Å²) in [4.78, 5) is 24.1. The molecule has 1 saturated heterocycles. The van der Waals surface area contributed by atoms with Gasteiger partial charge in [-0.1, -0.05) is 15.9 Å². The molecule has 1 heterocycles. The summed E-state index contributed by atoms with van der Waals surface area (Å²) in [5, 5.41) is 18.5. The first-order valence-corrected chi connectivity index (χ1v) is 6.85. The van der Waals surface area contributed by atoms with Gasteiger partial charge >= 0.3 is 5.97 Å². The van der Waals surface area contributed by atoms with Gasteiger partial charge in [-0.3, -0.25) is 4.79 Å². The van der Waals surface area contributed by atoms with Crippen molar-refractivity contribution >= 4 is 27.8 Å². The molecule has 0 aliphatic carbocycles. The van der Waals surface area contributed by atoms with Crippen molar-refractivity contribution < 1.29 is 24.5 Å². The summed E-state index contributed by atoms with van der Waals surface area (Å²) in [6, 6.07) is 5.97. The summed E-state index contributed by atoms with van der Waals surface area (Å²) in [5.41, 5.74) is 0. The summed E-state index contributed by atoms with van der Waals surface area (Å²) in [6.45, 7) is -0.225. The summed E-state index contributed by atoms with van der Waals surface area (Å²) in [7, 11) is 0. The highest BCUT2D eigenvalue weighted by molar-refractivity contribution is 9.10. The Bertz CT molecular complexity index is 504. The Morgan fingerprint density at radius 3 is 2.60 bits per heavy atom. The van der Waals surface area contributed by atoms with Crippen LogP contribution in [0.25, 0.3) is 0 Å². The molecule has 0 bridgehead atoms. The second-order valence-electron chi connectivity index (χ2n) is 4.53. The van der Waals surface area contributed by atoms with Crippen LogP contribution in [0.5, 0.6) is 5.75 Å². The Morgan fingerprint density at radius 2 is 2.00 bits per heavy atom. The van der Waals surface area contributed by atoms with Crippen molar-refractivity contribution in [3.05, 3.63) is 28.7 Å². The lowest BCUT2D eigenvalue weighted by Crippen LogP contribution is -2.42. The second kappa shape index (κ2) is 6.23. The first-order chi connectivity index (χ1) is 9.47. The molecule has 1 fully saturated rings. The summed E-state index contributed by atoms with van der Waals surface area (Å²) in [5.74, 6) is -1.04. The number of carboxylic acid groups (broad SMARTS) is 1. The van der Waals surface area contributed by atoms with E-state index >= 15 is 0 Å². The largest absolute Gasteiger partial charge is 0.484 e. The van der Waals surface area contributed by atoms with Crippen LogP contribution in [-0.4, -0.2) is 52.3 Å². The lowest BCUT2D eigenvalue weighted by molar-refractivity contribution is -0.148. The molecule has 2 N–H and O–H groups in total. The smallest absolute Gasteiger partial charge is 0.326 e. The molecule has 2 rings (SSSR count). The maximum Gasteiger partial charge on any atom is 0.326 e. The minimum absolute atomic E-state index is 0.0273. The van der Waals surface area contributed by atoms with Crippen molar-refractivity contribution in [1.82, 2.24) is 4.90 Å². The first-order valence-electron chi connectivity index (χ1n) is 6.06. The molecule has 2 atom stereocenters. The fourth-order valence-corrected chi connectivity index (χ4v) is 2.35. The fourth-order valence-electron chi connectivity index (χ4n) is 2.08. The van der Waals surface area contributed by atoms with Gasteiger partial charge in [0.05, 0.1) is 6.10 Å². The van der Waals surface area contributed by atoms with E-state index in [1.807, 2.05) is 0 Å². The van der Waals surface area contributed by atoms with Crippen LogP contribution in [0.1, 0.15) is 6.42 Å². The molecule has 0 saturated carbocycles. The van der Waals surface area contributed by atoms with Gasteiger partial charge in [0.2, 0.25) is 0 Å². The van der Waals surface area contributed by atoms with E-state index in [4.69, 9.17) is 9.84 Å². The predicted octanol–water partition coefficient (Wildman–Crippen LogP) is 0.874. The van der Waals surface area contributed by atoms with Gasteiger partial charge in [0.1, 0.15) is 11.8 Å². The van der Waals surface area contributed by atoms with Gasteiger partial charge < -0.3 is 19.8 Å². The number of aliphatic carboxylic acids is 1. The minimum atomic E-state index is -1.11. The zero-order valence-electron chi connectivity index (χ0n) is 10.5. The first kappa shape index (κ1) is 14.8. The van der Waals surface area contributed by atoms with E-state index in [9.17, 15) is 14.7 Å². The van der Waals surface area contributed by atoms with Gasteiger partial charge in [0.25, 0.3) is 5.91 Å². The number of rotatable bonds is 4. The SMILES string of the molecule is O=C(O)[C@@H]1C[C@H](O)CN1C(=O)COc1ccc(Br)cc1. The number of hydrogen-bond donors (Lipinski definition) is 2. The van der Waals surface area contributed by atoms with E-state index in [1.165, 1.54) is 0 Å². The summed E-state index contributed by atoms with van der Waals surface area (Å²) >= 11 is 3.29. The lowest BCUT2D eigenvalue weighted by atomic mass is 10.2. The number of halogens is 1. The van der Waals surface area contributed by atoms with Gasteiger partial charge in [-0.15, -0.1) is 0 Å². The lowest BCUT2D eigenvalue weighted by Gasteiger charge is -2.21. The van der Waals surface area contributed by atoms with Crippen molar-refractivity contribution in [2.75, 3.05) is 13.2 Å². The highest BCUT2D eigenvalue weighted by Crippen LogP contribution is 2.19. The van der Waals surface area contributed by atoms with E-state index in [0.29, 0.717) is 5.75 Å². The standard InChI is InChI=1S/C13H14BrNO5/c14-8-1-3-10(4-2-8)20-7-12(17)15-6-9(16)5-11(15)13(18)19/h1-4,9,11,16H,5-7H2,(H,18,19)/t9-,11-/m0/s1. The average Bonchev–Trinajstić information content (AvgIpc) is 2.80. The van der Waals surface area contributed by atoms with Gasteiger partial charge in [-0.05, 0) is 24.3 Å². The molecule has 20 heavy (non-hydrogen) atoms. The number of β-amino-alcohol motifs (C(OH)–C–C–N with tert-alkyl or cyclic N) is 1. The number of amides is 1. The molecule has 1 aliphatic rings. The van der Waals surface area contributed by atoms with Crippen LogP contribution in [0, 0.1) is 0 Å². The molecule has 0 unspecified atom stereocenters. The molecule has 0 radical (unpaired) electrons. The maximum atomic E-state index is 12.0. The van der Waals surface area contributed by atoms with E-state index < -0.39 is 24.0 Å². The van der Waals surface area contributed by atoms with Crippen molar-refractivity contribution in [2.24, 2.45) is 0 Å². The van der Waals surface area contributed by atoms with E-state index in [1.54, 1.807) is 24.3 Å². The van der Waals surface area contributed by atoms with E-state index in [0.717, 1.165) is 9.37 Å². The van der Waals surface area contributed by atoms with Gasteiger partial charge in [-0.2, -0.15) is 0 Å². The van der Waals surface area contributed by atoms with Gasteiger partial charge in [0, 0.05) is 17.4 Å². The third-order valence-corrected chi connectivity index (χ3v) is 3.59. The Balaban J connectivity index is 1.94. The van der Waals surface area contributed by atoms with Crippen LogP contribution < -0.4 is 4.74 Å². The molecular weight excluding hydrogens is 330 g/mol. The number of nitrogens with zero attached hydrogens (tertiary/aromatic N) is 1. The molecule has 1 amide bonds. The predicted molar refractivity (Wildman–Crippen MR) is 73.4 cm³/mol. The highest BCUT2D eigenvalue weighted by atomic mass is 79.9. The minimum Gasteiger partial charge on any atom is -0.484 e. The van der Waals surface area contributed by atoms with E-state index in [-0.39, 0.29) is 19.6 Å². The number of carbonyl (C=O) groups excluding carboxylic acids is 1. The third kappa shape index (κ3) is 3.49. The maximum absolute atomic E-state index is 12.0. The Kier molecular flexibility index (Phi) is 4.61. The normalized spacial score (nSPS) is 21.8. The summed E-state index contributed by atoms with van der Waals surface area (Å²) < 4.78 is 6.21. The molecule has 6 nitrogen and oxygen atoms in total. The number of benzene rings is 1. The summed E-state index contributed by atoms with van der Waals surface area (Å²) in [6.07, 6.45) is -0.743. The molecule has 108 valence electrons. The van der Waals surface area contributed by atoms with Gasteiger partial charge in [0.15, 0.2) is 6.61 Å². The molecular formula is C13H14BrNO5. The third-order valence-electron chi connectivity index (χ3n) is 3.06. The zero-order chi connectivity index (χ0) is 14.7. The molecule has 1 aromatic carbocycles. The van der Waals surface area contributed by atoms with Crippen LogP contribution in [-0.2, 0) is 9.59 Å². The van der Waals surface area contributed by atoms with E-state index in [2.05, 4.69) is 15.9 Å². The molecule has 0 spiro atoms.